The van der Waals surface area contributed by atoms with E-state index in [0.29, 0.717) is 11.0 Å². The number of carboxylic acid groups (broad SMARTS) is 1. The number of nitrogens with zero attached hydrogens (tertiary/aromatic N) is 3. The number of fused-ring (bicyclic) bond motifs is 2. The van der Waals surface area contributed by atoms with E-state index in [1.807, 2.05) is 24.4 Å². The van der Waals surface area contributed by atoms with Crippen LogP contribution in [0.2, 0.25) is 0 Å². The molecule has 2 N–H and O–H groups in total. The zero-order valence-electron chi connectivity index (χ0n) is 15.6. The van der Waals surface area contributed by atoms with Crippen LogP contribution in [0.15, 0.2) is 48.7 Å². The molecule has 142 valence electrons. The number of benzene rings is 2. The third kappa shape index (κ3) is 3.22. The molecular formula is C21H20N4O3. The van der Waals surface area contributed by atoms with Crippen LogP contribution in [-0.2, 0) is 0 Å². The second-order valence-electron chi connectivity index (χ2n) is 6.37. The first-order chi connectivity index (χ1) is 13.6. The first kappa shape index (κ1) is 17.8. The van der Waals surface area contributed by atoms with Crippen molar-refractivity contribution in [1.82, 2.24) is 15.0 Å². The molecule has 0 radical (unpaired) electrons. The summed E-state index contributed by atoms with van der Waals surface area (Å²) >= 11 is 0. The van der Waals surface area contributed by atoms with Crippen LogP contribution in [0.25, 0.3) is 33.2 Å². The minimum atomic E-state index is -1.35. The Bertz CT molecular complexity index is 1160. The molecule has 4 aromatic rings. The largest absolute Gasteiger partial charge is 0.511 e. The number of H-pyrrole nitrogens is 1. The molecule has 4 rings (SSSR count). The molecule has 0 saturated heterocycles. The van der Waals surface area contributed by atoms with Gasteiger partial charge >= 0.3 is 6.16 Å². The SMILES string of the molecule is CCN(CC)c1nc2cc(OC(=O)O)ccc2nc1-c1ccc2[nH]ccc2c1. The Balaban J connectivity index is 1.92. The van der Waals surface area contributed by atoms with Crippen molar-refractivity contribution in [2.24, 2.45) is 0 Å². The fourth-order valence-corrected chi connectivity index (χ4v) is 3.33. The topological polar surface area (TPSA) is 91.3 Å². The summed E-state index contributed by atoms with van der Waals surface area (Å²) < 4.78 is 4.76. The van der Waals surface area contributed by atoms with Gasteiger partial charge in [0.05, 0.1) is 11.0 Å². The highest BCUT2D eigenvalue weighted by Gasteiger charge is 2.17. The van der Waals surface area contributed by atoms with Gasteiger partial charge in [0.1, 0.15) is 11.4 Å². The number of nitrogens with one attached hydrogen (secondary N) is 1. The average Bonchev–Trinajstić information content (AvgIpc) is 3.15. The summed E-state index contributed by atoms with van der Waals surface area (Å²) in [7, 11) is 0. The summed E-state index contributed by atoms with van der Waals surface area (Å²) in [6, 6.07) is 13.1. The van der Waals surface area contributed by atoms with E-state index in [0.717, 1.165) is 41.1 Å². The van der Waals surface area contributed by atoms with E-state index in [1.165, 1.54) is 0 Å². The van der Waals surface area contributed by atoms with Gasteiger partial charge in [-0.3, -0.25) is 0 Å². The number of ether oxygens (including phenoxy) is 1. The fourth-order valence-electron chi connectivity index (χ4n) is 3.33. The first-order valence-electron chi connectivity index (χ1n) is 9.14. The lowest BCUT2D eigenvalue weighted by Crippen LogP contribution is -2.24. The molecule has 7 nitrogen and oxygen atoms in total. The van der Waals surface area contributed by atoms with Gasteiger partial charge < -0.3 is 19.7 Å². The van der Waals surface area contributed by atoms with Crippen molar-refractivity contribution < 1.29 is 14.6 Å². The van der Waals surface area contributed by atoms with Gasteiger partial charge in [-0.1, -0.05) is 6.07 Å². The molecule has 0 atom stereocenters. The lowest BCUT2D eigenvalue weighted by atomic mass is 10.1. The number of carbonyl (C=O) groups is 1. The van der Waals surface area contributed by atoms with Crippen LogP contribution in [0.5, 0.6) is 5.75 Å². The molecule has 0 spiro atoms. The lowest BCUT2D eigenvalue weighted by molar-refractivity contribution is 0.144. The van der Waals surface area contributed by atoms with Crippen LogP contribution >= 0.6 is 0 Å². The normalized spacial score (nSPS) is 11.1. The van der Waals surface area contributed by atoms with E-state index in [4.69, 9.17) is 19.8 Å². The highest BCUT2D eigenvalue weighted by molar-refractivity contribution is 5.89. The predicted octanol–water partition coefficient (Wildman–Crippen LogP) is 4.68. The van der Waals surface area contributed by atoms with Gasteiger partial charge in [-0.2, -0.15) is 0 Å². The summed E-state index contributed by atoms with van der Waals surface area (Å²) in [4.78, 5) is 25.8. The van der Waals surface area contributed by atoms with Gasteiger partial charge in [-0.15, -0.1) is 0 Å². The maximum absolute atomic E-state index is 10.8. The maximum atomic E-state index is 10.8. The van der Waals surface area contributed by atoms with Crippen LogP contribution in [-0.4, -0.2) is 39.3 Å². The second kappa shape index (κ2) is 7.19. The van der Waals surface area contributed by atoms with Gasteiger partial charge in [0.25, 0.3) is 0 Å². The Kier molecular flexibility index (Phi) is 4.57. The Morgan fingerprint density at radius 2 is 1.89 bits per heavy atom. The van der Waals surface area contributed by atoms with E-state index in [1.54, 1.807) is 18.2 Å². The molecule has 2 aromatic carbocycles. The number of hydrogen-bond acceptors (Lipinski definition) is 5. The number of rotatable bonds is 5. The Morgan fingerprint density at radius 1 is 1.07 bits per heavy atom. The highest BCUT2D eigenvalue weighted by Crippen LogP contribution is 2.32. The second-order valence-corrected chi connectivity index (χ2v) is 6.37. The minimum Gasteiger partial charge on any atom is -0.449 e. The summed E-state index contributed by atoms with van der Waals surface area (Å²) in [5, 5.41) is 9.96. The van der Waals surface area contributed by atoms with Crippen molar-refractivity contribution in [3.8, 4) is 17.0 Å². The minimum absolute atomic E-state index is 0.223. The zero-order chi connectivity index (χ0) is 19.7. The highest BCUT2D eigenvalue weighted by atomic mass is 16.7. The number of aromatic nitrogens is 3. The first-order valence-corrected chi connectivity index (χ1v) is 9.14. The smallest absolute Gasteiger partial charge is 0.449 e. The van der Waals surface area contributed by atoms with Gasteiger partial charge in [0, 0.05) is 41.8 Å². The number of anilines is 1. The van der Waals surface area contributed by atoms with Crippen molar-refractivity contribution in [3.63, 3.8) is 0 Å². The van der Waals surface area contributed by atoms with Gasteiger partial charge in [0.15, 0.2) is 5.82 Å². The molecule has 2 heterocycles. The van der Waals surface area contributed by atoms with E-state index >= 15 is 0 Å². The van der Waals surface area contributed by atoms with Crippen molar-refractivity contribution in [1.29, 1.82) is 0 Å². The molecule has 0 fully saturated rings. The molecular weight excluding hydrogens is 356 g/mol. The van der Waals surface area contributed by atoms with E-state index < -0.39 is 6.16 Å². The van der Waals surface area contributed by atoms with Crippen LogP contribution in [0.3, 0.4) is 0 Å². The van der Waals surface area contributed by atoms with Crippen LogP contribution in [0.4, 0.5) is 10.6 Å². The zero-order valence-corrected chi connectivity index (χ0v) is 15.6. The standard InChI is InChI=1S/C21H20N4O3/c1-3-25(4-2)20-19(14-5-7-16-13(11-14)9-10-22-16)23-17-8-6-15(28-21(26)27)12-18(17)24-20/h5-12,22H,3-4H2,1-2H3,(H,26,27). The predicted molar refractivity (Wildman–Crippen MR) is 109 cm³/mol. The van der Waals surface area contributed by atoms with E-state index in [9.17, 15) is 4.79 Å². The van der Waals surface area contributed by atoms with Crippen LogP contribution in [0, 0.1) is 0 Å². The number of hydrogen-bond donors (Lipinski definition) is 2. The third-order valence-corrected chi connectivity index (χ3v) is 4.71. The van der Waals surface area contributed by atoms with Crippen LogP contribution in [0.1, 0.15) is 13.8 Å². The number of aromatic amines is 1. The van der Waals surface area contributed by atoms with E-state index in [2.05, 4.69) is 29.8 Å². The summed E-state index contributed by atoms with van der Waals surface area (Å²) in [6.45, 7) is 5.69. The molecule has 0 aliphatic rings. The Labute approximate surface area is 161 Å². The monoisotopic (exact) mass is 376 g/mol. The van der Waals surface area contributed by atoms with Crippen molar-refractivity contribution in [3.05, 3.63) is 48.7 Å². The van der Waals surface area contributed by atoms with Crippen molar-refractivity contribution in [2.75, 3.05) is 18.0 Å². The molecule has 0 bridgehead atoms. The Morgan fingerprint density at radius 3 is 2.64 bits per heavy atom. The molecule has 0 aliphatic heterocycles. The quantitative estimate of drug-likeness (QED) is 0.388. The molecule has 0 amide bonds. The lowest BCUT2D eigenvalue weighted by Gasteiger charge is -2.23. The third-order valence-electron chi connectivity index (χ3n) is 4.71. The van der Waals surface area contributed by atoms with Crippen LogP contribution < -0.4 is 9.64 Å². The van der Waals surface area contributed by atoms with Gasteiger partial charge in [0.2, 0.25) is 0 Å². The molecule has 0 aliphatic carbocycles. The van der Waals surface area contributed by atoms with Gasteiger partial charge in [-0.25, -0.2) is 14.8 Å². The Hall–Kier alpha value is -3.61. The molecule has 2 aromatic heterocycles. The summed E-state index contributed by atoms with van der Waals surface area (Å²) in [5.74, 6) is 0.987. The van der Waals surface area contributed by atoms with Crippen molar-refractivity contribution >= 4 is 33.9 Å². The molecule has 7 heteroatoms. The average molecular weight is 376 g/mol. The maximum Gasteiger partial charge on any atom is 0.511 e. The van der Waals surface area contributed by atoms with Crippen molar-refractivity contribution in [2.45, 2.75) is 13.8 Å². The fraction of sp³-hybridized carbons (Fsp3) is 0.190. The molecule has 0 unspecified atom stereocenters. The van der Waals surface area contributed by atoms with E-state index in [-0.39, 0.29) is 5.75 Å². The summed E-state index contributed by atoms with van der Waals surface area (Å²) in [5.41, 5.74) is 4.11. The molecule has 28 heavy (non-hydrogen) atoms. The summed E-state index contributed by atoms with van der Waals surface area (Å²) in [6.07, 6.45) is 0.559. The molecule has 0 saturated carbocycles. The van der Waals surface area contributed by atoms with Gasteiger partial charge in [-0.05, 0) is 44.2 Å².